The highest BCUT2D eigenvalue weighted by atomic mass is 16.5. The smallest absolute Gasteiger partial charge is 0.356 e. The summed E-state index contributed by atoms with van der Waals surface area (Å²) >= 11 is 0. The predicted octanol–water partition coefficient (Wildman–Crippen LogP) is 4.71. The summed E-state index contributed by atoms with van der Waals surface area (Å²) in [6, 6.07) is 42.1. The molecule has 11 aromatic rings. The van der Waals surface area contributed by atoms with Crippen LogP contribution in [0.4, 0.5) is 5.95 Å². The predicted molar refractivity (Wildman–Crippen MR) is 336 cm³/mol. The zero-order valence-electron chi connectivity index (χ0n) is 50.6. The average Bonchev–Trinajstić information content (AvgIpc) is 4.06. The Bertz CT molecular complexity index is 4000. The van der Waals surface area contributed by atoms with Crippen LogP contribution < -0.4 is 16.8 Å². The number of hydrogen-bond donors (Lipinski definition) is 8. The van der Waals surface area contributed by atoms with Gasteiger partial charge in [-0.2, -0.15) is 15.3 Å². The van der Waals surface area contributed by atoms with Gasteiger partial charge in [0.15, 0.2) is 17.5 Å². The molecular weight excluding hydrogens is 1160 g/mol. The molecule has 0 spiro atoms. The first kappa shape index (κ1) is 67.4. The van der Waals surface area contributed by atoms with Crippen molar-refractivity contribution in [2.75, 3.05) is 39.1 Å². The molecule has 11 rings (SSSR count). The van der Waals surface area contributed by atoms with E-state index >= 15 is 0 Å². The van der Waals surface area contributed by atoms with Gasteiger partial charge in [0, 0.05) is 50.9 Å². The summed E-state index contributed by atoms with van der Waals surface area (Å²) in [6.07, 6.45) is 11.2. The van der Waals surface area contributed by atoms with Gasteiger partial charge in [-0.25, -0.2) is 58.2 Å². The summed E-state index contributed by atoms with van der Waals surface area (Å²) < 4.78 is 11.4. The molecule has 7 aromatic heterocycles. The van der Waals surface area contributed by atoms with E-state index in [0.29, 0.717) is 42.7 Å². The number of aliphatic hydroxyl groups excluding tert-OH is 4. The van der Waals surface area contributed by atoms with Crippen LogP contribution in [0.2, 0.25) is 0 Å². The standard InChI is InChI=1S/C19H21N5O3.C17H16N4O2.C16H14N4O2.C9H10N4.C3H9NO2/c1-13-2-5-15(6-3-13)24-12-22-18(23-24)8-14-4-7-17(20-9-14)19(27)21-10-16(26)11-25;1-12-3-6-14(7-4-12)21-11-19-16(20-21)9-13-5-8-15(18-10-13)17(22)23-2;1-11-2-5-13(6-3-11)20-10-18-15(19-20)8-12-4-7-14(16(21)22)17-9-12;1-7-2-4-8(5-3-7)13-6-11-9(10)12-13;4-1-3(6)2-5/h2-7,9,12,16,25-26H,8,10-11H2,1H3,(H,21,27);3-8,10-11H,9H2,1-2H3;2-7,9-10H,8H2,1H3,(H,21,22);2-6H,1H3,(H2,10,12);3,5-6H,1-2,4H2/t16-;;;;3-/m1...1/s1. The second-order valence-corrected chi connectivity index (χ2v) is 20.3. The van der Waals surface area contributed by atoms with E-state index in [2.05, 4.69) is 65.3 Å². The Morgan fingerprint density at radius 3 is 1.10 bits per heavy atom. The number of aliphatic hydroxyl groups is 4. The highest BCUT2D eigenvalue weighted by Crippen LogP contribution is 2.15. The number of nitrogens with two attached hydrogens (primary N) is 2. The molecule has 0 fully saturated rings. The third-order valence-electron chi connectivity index (χ3n) is 12.9. The highest BCUT2D eigenvalue weighted by molar-refractivity contribution is 5.92. The molecule has 7 heterocycles. The number of rotatable bonds is 18. The zero-order valence-corrected chi connectivity index (χ0v) is 50.6. The maximum absolute atomic E-state index is 11.9. The molecular formula is C64H70N18O9. The van der Waals surface area contributed by atoms with Crippen molar-refractivity contribution in [1.29, 1.82) is 0 Å². The Morgan fingerprint density at radius 2 is 0.813 bits per heavy atom. The van der Waals surface area contributed by atoms with E-state index in [1.807, 2.05) is 131 Å². The number of carbonyl (C=O) groups excluding carboxylic acids is 2. The highest BCUT2D eigenvalue weighted by Gasteiger charge is 2.13. The Morgan fingerprint density at radius 1 is 0.473 bits per heavy atom. The van der Waals surface area contributed by atoms with Crippen LogP contribution in [0.5, 0.6) is 0 Å². The Kier molecular flexibility index (Phi) is 25.1. The Balaban J connectivity index is 0.000000171. The number of esters is 1. The van der Waals surface area contributed by atoms with Gasteiger partial charge in [0.25, 0.3) is 5.91 Å². The number of nitrogen functional groups attached to an aromatic ring is 1. The van der Waals surface area contributed by atoms with Crippen LogP contribution in [0.1, 0.15) is 87.9 Å². The summed E-state index contributed by atoms with van der Waals surface area (Å²) in [6.45, 7) is 7.61. The van der Waals surface area contributed by atoms with Crippen LogP contribution in [0.15, 0.2) is 177 Å². The van der Waals surface area contributed by atoms with Crippen molar-refractivity contribution in [3.63, 3.8) is 0 Å². The fraction of sp³-hybridized carbons (Fsp3) is 0.219. The number of ether oxygens (including phenoxy) is 1. The lowest BCUT2D eigenvalue weighted by Gasteiger charge is -2.08. The molecule has 0 saturated carbocycles. The Labute approximate surface area is 523 Å². The molecule has 0 aliphatic rings. The molecule has 4 aromatic carbocycles. The van der Waals surface area contributed by atoms with Crippen LogP contribution in [0.3, 0.4) is 0 Å². The van der Waals surface area contributed by atoms with Crippen LogP contribution in [-0.2, 0) is 24.0 Å². The third-order valence-corrected chi connectivity index (χ3v) is 12.9. The number of hydrogen-bond acceptors (Lipinski definition) is 21. The number of methoxy groups -OCH3 is 1. The van der Waals surface area contributed by atoms with E-state index < -0.39 is 36.7 Å². The van der Waals surface area contributed by atoms with Crippen molar-refractivity contribution in [1.82, 2.24) is 79.3 Å². The van der Waals surface area contributed by atoms with E-state index in [1.165, 1.54) is 41.6 Å². The number of aromatic carboxylic acids is 1. The first-order chi connectivity index (χ1) is 43.9. The number of nitrogens with zero attached hydrogens (tertiary/aromatic N) is 15. The van der Waals surface area contributed by atoms with Crippen molar-refractivity contribution in [2.45, 2.75) is 59.2 Å². The molecule has 27 nitrogen and oxygen atoms in total. The van der Waals surface area contributed by atoms with E-state index in [1.54, 1.807) is 80.7 Å². The molecule has 0 aliphatic carbocycles. The Hall–Kier alpha value is -11.1. The minimum atomic E-state index is -1.03. The van der Waals surface area contributed by atoms with Gasteiger partial charge in [0.05, 0.1) is 55.3 Å². The molecule has 0 saturated heterocycles. The quantitative estimate of drug-likeness (QED) is 0.0539. The lowest BCUT2D eigenvalue weighted by molar-refractivity contribution is 0.0593. The van der Waals surface area contributed by atoms with E-state index in [4.69, 9.17) is 31.9 Å². The second kappa shape index (κ2) is 33.9. The van der Waals surface area contributed by atoms with Crippen molar-refractivity contribution < 1.29 is 44.7 Å². The molecule has 0 radical (unpaired) electrons. The number of nitrogens with one attached hydrogen (secondary N) is 1. The molecule has 1 amide bonds. The summed E-state index contributed by atoms with van der Waals surface area (Å²) in [4.78, 5) is 62.9. The molecule has 91 heavy (non-hydrogen) atoms. The van der Waals surface area contributed by atoms with Gasteiger partial charge in [0.1, 0.15) is 42.4 Å². The molecule has 0 aliphatic heterocycles. The number of aromatic nitrogens is 15. The van der Waals surface area contributed by atoms with E-state index in [-0.39, 0.29) is 36.8 Å². The van der Waals surface area contributed by atoms with Crippen LogP contribution in [-0.4, -0.2) is 163 Å². The van der Waals surface area contributed by atoms with Crippen molar-refractivity contribution in [3.8, 4) is 22.7 Å². The summed E-state index contributed by atoms with van der Waals surface area (Å²) in [5, 5.41) is 63.0. The number of pyridine rings is 3. The number of carboxylic acids is 1. The molecule has 2 atom stereocenters. The fourth-order valence-electron chi connectivity index (χ4n) is 7.76. The summed E-state index contributed by atoms with van der Waals surface area (Å²) in [5.41, 5.74) is 22.1. The number of benzene rings is 4. The minimum absolute atomic E-state index is 0.0286. The molecule has 27 heteroatoms. The maximum Gasteiger partial charge on any atom is 0.356 e. The van der Waals surface area contributed by atoms with Crippen LogP contribution in [0, 0.1) is 27.7 Å². The van der Waals surface area contributed by atoms with E-state index in [0.717, 1.165) is 39.4 Å². The average molecular weight is 1240 g/mol. The molecule has 0 bridgehead atoms. The van der Waals surface area contributed by atoms with E-state index in [9.17, 15) is 19.5 Å². The largest absolute Gasteiger partial charge is 0.477 e. The van der Waals surface area contributed by atoms with Gasteiger partial charge in [0.2, 0.25) is 5.95 Å². The van der Waals surface area contributed by atoms with Crippen molar-refractivity contribution in [3.05, 3.63) is 251 Å². The lowest BCUT2D eigenvalue weighted by atomic mass is 10.2. The van der Waals surface area contributed by atoms with Crippen LogP contribution in [0.25, 0.3) is 22.7 Å². The van der Waals surface area contributed by atoms with Gasteiger partial charge in [-0.15, -0.1) is 5.10 Å². The first-order valence-corrected chi connectivity index (χ1v) is 28.3. The monoisotopic (exact) mass is 1230 g/mol. The first-order valence-electron chi connectivity index (χ1n) is 28.3. The van der Waals surface area contributed by atoms with Crippen molar-refractivity contribution >= 4 is 23.8 Å². The van der Waals surface area contributed by atoms with Gasteiger partial charge in [-0.1, -0.05) is 89.0 Å². The summed E-state index contributed by atoms with van der Waals surface area (Å²) in [7, 11) is 1.33. The fourth-order valence-corrected chi connectivity index (χ4v) is 7.76. The van der Waals surface area contributed by atoms with Gasteiger partial charge < -0.3 is 47.1 Å². The zero-order chi connectivity index (χ0) is 65.2. The van der Waals surface area contributed by atoms with Gasteiger partial charge >= 0.3 is 11.9 Å². The maximum atomic E-state index is 11.9. The normalized spacial score (nSPS) is 11.2. The number of carboxylic acid groups (broad SMARTS) is 1. The number of aryl methyl sites for hydroxylation is 4. The van der Waals surface area contributed by atoms with Crippen molar-refractivity contribution in [2.24, 2.45) is 5.73 Å². The number of anilines is 1. The van der Waals surface area contributed by atoms with Gasteiger partial charge in [-0.05, 0) is 111 Å². The molecule has 10 N–H and O–H groups in total. The number of carbonyl (C=O) groups is 3. The molecule has 470 valence electrons. The molecule has 0 unspecified atom stereocenters. The topological polar surface area (TPSA) is 387 Å². The van der Waals surface area contributed by atoms with Gasteiger partial charge in [-0.3, -0.25) is 9.78 Å². The second-order valence-electron chi connectivity index (χ2n) is 20.3. The number of amides is 1. The minimum Gasteiger partial charge on any atom is -0.477 e. The summed E-state index contributed by atoms with van der Waals surface area (Å²) in [5.74, 6) is 0.410. The third kappa shape index (κ3) is 21.3. The SMILES string of the molecule is COC(=O)c1ccc(Cc2ncn(-c3ccc(C)cc3)n2)cn1.Cc1ccc(-n2cnc(Cc3ccc(C(=O)NC[C@@H](O)CO)nc3)n2)cc1.Cc1ccc(-n2cnc(Cc3ccc(C(=O)O)nc3)n2)cc1.Cc1ccc(-n2cnc(N)n2)cc1.NC[C@@H](O)CO. The van der Waals surface area contributed by atoms with Crippen LogP contribution >= 0.6 is 0 Å². The lowest BCUT2D eigenvalue weighted by Crippen LogP contribution is -2.34.